The number of anilines is 6. The second-order valence-electron chi connectivity index (χ2n) is 24.1. The third-order valence-electron chi connectivity index (χ3n) is 16.4. The van der Waals surface area contributed by atoms with Gasteiger partial charge in [0.1, 0.15) is 5.58 Å². The monoisotopic (exact) mass is 805 g/mol. The molecule has 0 spiro atoms. The van der Waals surface area contributed by atoms with E-state index in [0.29, 0.717) is 0 Å². The topological polar surface area (TPSA) is 19.6 Å². The zero-order valence-electron chi connectivity index (χ0n) is 39.6. The van der Waals surface area contributed by atoms with Crippen molar-refractivity contribution in [2.24, 2.45) is 0 Å². The molecule has 3 nitrogen and oxygen atoms in total. The highest BCUT2D eigenvalue weighted by molar-refractivity contribution is 7.00. The molecule has 11 rings (SSSR count). The van der Waals surface area contributed by atoms with Gasteiger partial charge in [0.05, 0.1) is 17.0 Å². The van der Waals surface area contributed by atoms with Crippen molar-refractivity contribution in [3.05, 3.63) is 123 Å². The first kappa shape index (κ1) is 39.2. The minimum atomic E-state index is -0.145. The highest BCUT2D eigenvalue weighted by Gasteiger charge is 2.57. The Balaban J connectivity index is 1.33. The molecule has 1 aromatic heterocycles. The molecule has 3 aliphatic heterocycles. The first-order valence-electron chi connectivity index (χ1n) is 23.2. The molecule has 0 saturated heterocycles. The molecule has 6 aromatic rings. The molecule has 312 valence electrons. The summed E-state index contributed by atoms with van der Waals surface area (Å²) < 4.78 is 7.33. The molecule has 0 saturated carbocycles. The van der Waals surface area contributed by atoms with E-state index < -0.39 is 0 Å². The molecule has 5 aromatic carbocycles. The highest BCUT2D eigenvalue weighted by atomic mass is 16.3. The van der Waals surface area contributed by atoms with E-state index in [4.69, 9.17) is 4.42 Å². The van der Waals surface area contributed by atoms with Crippen LogP contribution in [0.5, 0.6) is 0 Å². The van der Waals surface area contributed by atoms with Gasteiger partial charge in [-0.15, -0.1) is 0 Å². The van der Waals surface area contributed by atoms with Crippen LogP contribution in [0.1, 0.15) is 166 Å². The van der Waals surface area contributed by atoms with E-state index in [1.54, 1.807) is 22.3 Å². The lowest BCUT2D eigenvalue weighted by Gasteiger charge is -2.57. The standard InChI is InChI=1S/C57H65BN2O/c1-32-16-23-43-37(28-32)49-51(61-43)58-40-22-21-38-45-50(40)60(42-31-35(53(6,7)8)30-41(47(42)58)59(49)36-19-17-34(18-20-36)52(3,4)5)48-33(2)29-39-44(56(13,14)25-24-55(39,11)12)46(48)57(45,15)27-26-54(38,9)10/h16-23,28-31H,24-27H2,1-15H3. The summed E-state index contributed by atoms with van der Waals surface area (Å²) in [7, 11) is 0. The van der Waals surface area contributed by atoms with E-state index in [-0.39, 0.29) is 39.2 Å². The number of nitrogens with zero attached hydrogens (tertiary/aromatic N) is 2. The average molecular weight is 805 g/mol. The quantitative estimate of drug-likeness (QED) is 0.154. The molecular formula is C57H65BN2O. The Labute approximate surface area is 366 Å². The van der Waals surface area contributed by atoms with Crippen molar-refractivity contribution in [3.8, 4) is 0 Å². The molecule has 0 amide bonds. The fraction of sp³-hybridized carbons (Fsp3) is 0.439. The molecule has 0 N–H and O–H groups in total. The van der Waals surface area contributed by atoms with Crippen LogP contribution in [0.15, 0.2) is 77.2 Å². The zero-order valence-corrected chi connectivity index (χ0v) is 39.6. The SMILES string of the molecule is Cc1ccc2oc3c(c2c1)N(c1ccc(C(C)(C)C)cc1)c1cc(C(C)(C)C)cc2c1B3c1ccc3c4c1N2c1c(C)cc2c(c1C4(C)CCC3(C)C)C(C)(C)CCC2(C)C. The lowest BCUT2D eigenvalue weighted by atomic mass is 9.34. The summed E-state index contributed by atoms with van der Waals surface area (Å²) in [6, 6.07) is 29.0. The van der Waals surface area contributed by atoms with Crippen LogP contribution in [0.4, 0.5) is 34.1 Å². The van der Waals surface area contributed by atoms with E-state index >= 15 is 0 Å². The van der Waals surface area contributed by atoms with Gasteiger partial charge in [0, 0.05) is 33.6 Å². The molecule has 61 heavy (non-hydrogen) atoms. The fourth-order valence-electron chi connectivity index (χ4n) is 12.7. The molecule has 2 aliphatic carbocycles. The number of rotatable bonds is 1. The largest absolute Gasteiger partial charge is 0.468 e. The molecule has 5 aliphatic rings. The Morgan fingerprint density at radius 2 is 1.18 bits per heavy atom. The third-order valence-corrected chi connectivity index (χ3v) is 16.4. The number of fused-ring (bicyclic) bond motifs is 11. The summed E-state index contributed by atoms with van der Waals surface area (Å²) in [5.74, 6) is 0. The van der Waals surface area contributed by atoms with Crippen molar-refractivity contribution in [2.45, 2.75) is 162 Å². The van der Waals surface area contributed by atoms with Gasteiger partial charge in [-0.25, -0.2) is 0 Å². The minimum Gasteiger partial charge on any atom is -0.468 e. The number of hydrogen-bond donors (Lipinski definition) is 0. The fourth-order valence-corrected chi connectivity index (χ4v) is 12.7. The van der Waals surface area contributed by atoms with Crippen LogP contribution >= 0.6 is 0 Å². The maximum Gasteiger partial charge on any atom is 0.297 e. The van der Waals surface area contributed by atoms with Gasteiger partial charge < -0.3 is 14.2 Å². The number of furan rings is 1. The van der Waals surface area contributed by atoms with Gasteiger partial charge in [-0.2, -0.15) is 0 Å². The molecule has 1 atom stereocenters. The second-order valence-corrected chi connectivity index (χ2v) is 24.1. The van der Waals surface area contributed by atoms with Crippen LogP contribution in [0.25, 0.3) is 11.0 Å². The van der Waals surface area contributed by atoms with E-state index in [9.17, 15) is 0 Å². The Morgan fingerprint density at radius 3 is 1.85 bits per heavy atom. The Morgan fingerprint density at radius 1 is 0.557 bits per heavy atom. The maximum absolute atomic E-state index is 7.33. The van der Waals surface area contributed by atoms with Crippen LogP contribution in [0, 0.1) is 13.8 Å². The predicted octanol–water partition coefficient (Wildman–Crippen LogP) is 13.8. The lowest BCUT2D eigenvalue weighted by Crippen LogP contribution is -2.62. The van der Waals surface area contributed by atoms with E-state index in [1.165, 1.54) is 91.1 Å². The van der Waals surface area contributed by atoms with Gasteiger partial charge in [0.15, 0.2) is 0 Å². The van der Waals surface area contributed by atoms with E-state index in [0.717, 1.165) is 24.1 Å². The van der Waals surface area contributed by atoms with Crippen LogP contribution in [-0.4, -0.2) is 6.71 Å². The molecule has 0 bridgehead atoms. The summed E-state index contributed by atoms with van der Waals surface area (Å²) in [6.45, 7) is 36.4. The normalized spacial score (nSPS) is 21.1. The van der Waals surface area contributed by atoms with Crippen molar-refractivity contribution in [3.63, 3.8) is 0 Å². The lowest BCUT2D eigenvalue weighted by molar-refractivity contribution is 0.311. The Bertz CT molecular complexity index is 2910. The minimum absolute atomic E-state index is 0.0506. The predicted molar refractivity (Wildman–Crippen MR) is 261 cm³/mol. The smallest absolute Gasteiger partial charge is 0.297 e. The van der Waals surface area contributed by atoms with E-state index in [1.807, 2.05) is 0 Å². The first-order chi connectivity index (χ1) is 28.4. The van der Waals surface area contributed by atoms with E-state index in [2.05, 4.69) is 186 Å². The van der Waals surface area contributed by atoms with Gasteiger partial charge in [-0.1, -0.05) is 132 Å². The zero-order chi connectivity index (χ0) is 43.3. The summed E-state index contributed by atoms with van der Waals surface area (Å²) in [6.07, 6.45) is 4.70. The summed E-state index contributed by atoms with van der Waals surface area (Å²) in [5, 5.41) is 1.18. The first-order valence-corrected chi connectivity index (χ1v) is 23.2. The van der Waals surface area contributed by atoms with Crippen molar-refractivity contribution >= 4 is 68.4 Å². The van der Waals surface area contributed by atoms with Crippen molar-refractivity contribution in [1.29, 1.82) is 0 Å². The second kappa shape index (κ2) is 11.9. The molecule has 1 unspecified atom stereocenters. The van der Waals surface area contributed by atoms with Gasteiger partial charge >= 0.3 is 0 Å². The van der Waals surface area contributed by atoms with Gasteiger partial charge in [0.2, 0.25) is 0 Å². The average Bonchev–Trinajstić information content (AvgIpc) is 3.55. The van der Waals surface area contributed by atoms with Gasteiger partial charge in [-0.3, -0.25) is 0 Å². The van der Waals surface area contributed by atoms with Crippen LogP contribution in [-0.2, 0) is 32.5 Å². The Hall–Kier alpha value is -4.70. The molecule has 0 fully saturated rings. The van der Waals surface area contributed by atoms with Gasteiger partial charge in [-0.05, 0) is 158 Å². The highest BCUT2D eigenvalue weighted by Crippen LogP contribution is 2.65. The molecule has 4 heterocycles. The third kappa shape index (κ3) is 5.11. The maximum atomic E-state index is 7.33. The van der Waals surface area contributed by atoms with Crippen LogP contribution in [0.3, 0.4) is 0 Å². The van der Waals surface area contributed by atoms with Crippen LogP contribution < -0.4 is 26.4 Å². The molecule has 0 radical (unpaired) electrons. The number of aryl methyl sites for hydroxylation is 2. The van der Waals surface area contributed by atoms with Crippen molar-refractivity contribution < 1.29 is 4.42 Å². The van der Waals surface area contributed by atoms with Crippen molar-refractivity contribution in [2.75, 3.05) is 9.80 Å². The number of hydrogen-bond acceptors (Lipinski definition) is 3. The van der Waals surface area contributed by atoms with Crippen LogP contribution in [0.2, 0.25) is 0 Å². The summed E-state index contributed by atoms with van der Waals surface area (Å²) in [4.78, 5) is 5.38. The Kier molecular flexibility index (Phi) is 7.61. The molecular weight excluding hydrogens is 739 g/mol. The summed E-state index contributed by atoms with van der Waals surface area (Å²) >= 11 is 0. The van der Waals surface area contributed by atoms with Crippen molar-refractivity contribution in [1.82, 2.24) is 0 Å². The molecule has 4 heteroatoms. The number of benzene rings is 5. The summed E-state index contributed by atoms with van der Waals surface area (Å²) in [5.41, 5.74) is 25.7. The van der Waals surface area contributed by atoms with Gasteiger partial charge in [0.25, 0.3) is 6.71 Å².